The molecule has 0 aromatic rings. The van der Waals surface area contributed by atoms with Gasteiger partial charge in [-0.1, -0.05) is 6.42 Å². The predicted molar refractivity (Wildman–Crippen MR) is 66.7 cm³/mol. The van der Waals surface area contributed by atoms with Gasteiger partial charge in [0.2, 0.25) is 5.91 Å². The Balaban J connectivity index is 1.54. The maximum Gasteiger partial charge on any atom is 0.237 e. The monoisotopic (exact) mass is 237 g/mol. The number of nitrogens with one attached hydrogen (secondary N) is 2. The van der Waals surface area contributed by atoms with Crippen LogP contribution in [0.5, 0.6) is 0 Å². The van der Waals surface area contributed by atoms with Crippen molar-refractivity contribution in [1.29, 1.82) is 0 Å². The lowest BCUT2D eigenvalue weighted by molar-refractivity contribution is -0.125. The first-order valence-electron chi connectivity index (χ1n) is 7.09. The third-order valence-corrected chi connectivity index (χ3v) is 4.61. The Bertz CT molecular complexity index is 280. The second-order valence-electron chi connectivity index (χ2n) is 5.76. The van der Waals surface area contributed by atoms with Crippen LogP contribution >= 0.6 is 0 Å². The molecule has 4 rings (SSSR count). The highest BCUT2D eigenvalue weighted by Crippen LogP contribution is 2.27. The van der Waals surface area contributed by atoms with Gasteiger partial charge in [-0.15, -0.1) is 0 Å². The summed E-state index contributed by atoms with van der Waals surface area (Å²) in [5.74, 6) is 0.969. The quantitative estimate of drug-likeness (QED) is 0.728. The molecule has 2 atom stereocenters. The van der Waals surface area contributed by atoms with Crippen molar-refractivity contribution in [2.75, 3.05) is 26.2 Å². The maximum absolute atomic E-state index is 12.2. The van der Waals surface area contributed by atoms with E-state index >= 15 is 0 Å². The van der Waals surface area contributed by atoms with Gasteiger partial charge >= 0.3 is 0 Å². The summed E-state index contributed by atoms with van der Waals surface area (Å²) in [5, 5.41) is 6.60. The van der Waals surface area contributed by atoms with Crippen LogP contribution in [0.25, 0.3) is 0 Å². The topological polar surface area (TPSA) is 44.4 Å². The molecule has 4 heterocycles. The van der Waals surface area contributed by atoms with E-state index in [4.69, 9.17) is 0 Å². The predicted octanol–water partition coefficient (Wildman–Crippen LogP) is 0.339. The molecule has 2 unspecified atom stereocenters. The van der Waals surface area contributed by atoms with Crippen molar-refractivity contribution in [3.8, 4) is 0 Å². The van der Waals surface area contributed by atoms with E-state index in [1.165, 1.54) is 38.8 Å². The van der Waals surface area contributed by atoms with Crippen LogP contribution in [0.3, 0.4) is 0 Å². The van der Waals surface area contributed by atoms with Crippen LogP contribution in [0.1, 0.15) is 32.1 Å². The third-order valence-electron chi connectivity index (χ3n) is 4.61. The zero-order chi connectivity index (χ0) is 11.7. The largest absolute Gasteiger partial charge is 0.350 e. The molecule has 0 aromatic heterocycles. The minimum absolute atomic E-state index is 0.0687. The number of fused-ring (bicyclic) bond motifs is 3. The lowest BCUT2D eigenvalue weighted by Crippen LogP contribution is -2.60. The molecular formula is C13H23N3O. The number of rotatable bonds is 2. The molecule has 0 aromatic carbocycles. The zero-order valence-corrected chi connectivity index (χ0v) is 10.5. The first-order chi connectivity index (χ1) is 8.33. The third kappa shape index (κ3) is 2.47. The van der Waals surface area contributed by atoms with Crippen LogP contribution in [0.2, 0.25) is 0 Å². The molecule has 4 heteroatoms. The van der Waals surface area contributed by atoms with E-state index < -0.39 is 0 Å². The van der Waals surface area contributed by atoms with Gasteiger partial charge in [-0.3, -0.25) is 4.79 Å². The van der Waals surface area contributed by atoms with Crippen LogP contribution in [0.15, 0.2) is 0 Å². The molecule has 2 bridgehead atoms. The van der Waals surface area contributed by atoms with Gasteiger partial charge < -0.3 is 15.5 Å². The molecule has 4 fully saturated rings. The van der Waals surface area contributed by atoms with Crippen LogP contribution in [-0.2, 0) is 4.79 Å². The molecule has 4 saturated heterocycles. The Kier molecular flexibility index (Phi) is 3.34. The van der Waals surface area contributed by atoms with Gasteiger partial charge in [-0.05, 0) is 51.2 Å². The van der Waals surface area contributed by atoms with Gasteiger partial charge in [0.15, 0.2) is 0 Å². The Morgan fingerprint density at radius 2 is 2.00 bits per heavy atom. The molecule has 4 nitrogen and oxygen atoms in total. The summed E-state index contributed by atoms with van der Waals surface area (Å²) in [5.41, 5.74) is 0. The summed E-state index contributed by atoms with van der Waals surface area (Å²) < 4.78 is 0. The number of carbonyl (C=O) groups excluding carboxylic acids is 1. The minimum atomic E-state index is 0.0687. The van der Waals surface area contributed by atoms with E-state index in [9.17, 15) is 4.79 Å². The molecule has 0 radical (unpaired) electrons. The maximum atomic E-state index is 12.2. The van der Waals surface area contributed by atoms with E-state index in [0.717, 1.165) is 25.4 Å². The smallest absolute Gasteiger partial charge is 0.237 e. The van der Waals surface area contributed by atoms with Crippen molar-refractivity contribution < 1.29 is 4.79 Å². The first-order valence-corrected chi connectivity index (χ1v) is 7.09. The standard InChI is InChI=1S/C13H23N3O/c17-13(11-3-1-2-6-14-11)15-12-9-16-7-4-10(12)5-8-16/h10-12,14H,1-9H2,(H,15,17). The molecule has 0 saturated carbocycles. The van der Waals surface area contributed by atoms with Gasteiger partial charge in [0, 0.05) is 12.6 Å². The second kappa shape index (κ2) is 4.94. The highest BCUT2D eigenvalue weighted by Gasteiger charge is 2.35. The minimum Gasteiger partial charge on any atom is -0.350 e. The van der Waals surface area contributed by atoms with Crippen LogP contribution < -0.4 is 10.6 Å². The SMILES string of the molecule is O=C(NC1CN2CCC1CC2)C1CCCCN1. The van der Waals surface area contributed by atoms with Gasteiger partial charge in [-0.2, -0.15) is 0 Å². The van der Waals surface area contributed by atoms with E-state index in [2.05, 4.69) is 15.5 Å². The van der Waals surface area contributed by atoms with Crippen LogP contribution in [0.4, 0.5) is 0 Å². The van der Waals surface area contributed by atoms with Crippen molar-refractivity contribution in [3.05, 3.63) is 0 Å². The van der Waals surface area contributed by atoms with Crippen molar-refractivity contribution in [2.24, 2.45) is 5.92 Å². The van der Waals surface area contributed by atoms with E-state index in [0.29, 0.717) is 6.04 Å². The Labute approximate surface area is 103 Å². The molecule has 4 aliphatic rings. The van der Waals surface area contributed by atoms with Crippen molar-refractivity contribution in [2.45, 2.75) is 44.2 Å². The second-order valence-corrected chi connectivity index (χ2v) is 5.76. The lowest BCUT2D eigenvalue weighted by Gasteiger charge is -2.45. The van der Waals surface area contributed by atoms with Crippen molar-refractivity contribution in [3.63, 3.8) is 0 Å². The summed E-state index contributed by atoms with van der Waals surface area (Å²) in [4.78, 5) is 14.6. The molecule has 1 amide bonds. The summed E-state index contributed by atoms with van der Waals surface area (Å²) >= 11 is 0. The zero-order valence-electron chi connectivity index (χ0n) is 10.5. The Morgan fingerprint density at radius 1 is 1.18 bits per heavy atom. The molecular weight excluding hydrogens is 214 g/mol. The molecule has 2 N–H and O–H groups in total. The normalized spacial score (nSPS) is 41.2. The van der Waals surface area contributed by atoms with Crippen LogP contribution in [-0.4, -0.2) is 49.1 Å². The molecule has 96 valence electrons. The first kappa shape index (κ1) is 11.5. The lowest BCUT2D eigenvalue weighted by atomic mass is 9.84. The highest BCUT2D eigenvalue weighted by molar-refractivity contribution is 5.82. The average molecular weight is 237 g/mol. The van der Waals surface area contributed by atoms with Gasteiger partial charge in [0.1, 0.15) is 0 Å². The van der Waals surface area contributed by atoms with E-state index in [1.807, 2.05) is 0 Å². The molecule has 4 aliphatic heterocycles. The number of carbonyl (C=O) groups is 1. The molecule has 17 heavy (non-hydrogen) atoms. The number of nitrogens with zero attached hydrogens (tertiary/aromatic N) is 1. The van der Waals surface area contributed by atoms with Gasteiger partial charge in [-0.25, -0.2) is 0 Å². The highest BCUT2D eigenvalue weighted by atomic mass is 16.2. The van der Waals surface area contributed by atoms with E-state index in [1.54, 1.807) is 0 Å². The fraction of sp³-hybridized carbons (Fsp3) is 0.923. The van der Waals surface area contributed by atoms with E-state index in [-0.39, 0.29) is 11.9 Å². The van der Waals surface area contributed by atoms with Crippen molar-refractivity contribution >= 4 is 5.91 Å². The average Bonchev–Trinajstić information content (AvgIpc) is 2.41. The number of hydrogen-bond donors (Lipinski definition) is 2. The number of hydrogen-bond acceptors (Lipinski definition) is 3. The summed E-state index contributed by atoms with van der Waals surface area (Å²) in [7, 11) is 0. The molecule has 0 spiro atoms. The Hall–Kier alpha value is -0.610. The fourth-order valence-corrected chi connectivity index (χ4v) is 3.49. The summed E-state index contributed by atoms with van der Waals surface area (Å²) in [6.45, 7) is 4.54. The summed E-state index contributed by atoms with van der Waals surface area (Å²) in [6.07, 6.45) is 5.94. The number of amides is 1. The van der Waals surface area contributed by atoms with Gasteiger partial charge in [0.05, 0.1) is 6.04 Å². The van der Waals surface area contributed by atoms with Gasteiger partial charge in [0.25, 0.3) is 0 Å². The Morgan fingerprint density at radius 3 is 2.59 bits per heavy atom. The summed E-state index contributed by atoms with van der Waals surface area (Å²) in [6, 6.07) is 0.480. The fourth-order valence-electron chi connectivity index (χ4n) is 3.49. The molecule has 0 aliphatic carbocycles. The van der Waals surface area contributed by atoms with Crippen molar-refractivity contribution in [1.82, 2.24) is 15.5 Å². The van der Waals surface area contributed by atoms with Crippen LogP contribution in [0, 0.1) is 5.92 Å². The number of piperidine rings is 4.